The summed E-state index contributed by atoms with van der Waals surface area (Å²) in [7, 11) is 0. The fraction of sp³-hybridized carbons (Fsp3) is 0.133. The van der Waals surface area contributed by atoms with Gasteiger partial charge in [-0.15, -0.1) is 0 Å². The van der Waals surface area contributed by atoms with Gasteiger partial charge in [-0.1, -0.05) is 35.3 Å². The Morgan fingerprint density at radius 2 is 1.95 bits per heavy atom. The SMILES string of the molecule is CCOc1ccc(-c2ccc(Cl)cc2Cl)cc1C(=O)O. The molecule has 0 saturated heterocycles. The molecule has 2 aromatic carbocycles. The van der Waals surface area contributed by atoms with Crippen LogP contribution in [0.1, 0.15) is 17.3 Å². The Morgan fingerprint density at radius 3 is 2.55 bits per heavy atom. The lowest BCUT2D eigenvalue weighted by Gasteiger charge is -2.10. The lowest BCUT2D eigenvalue weighted by molar-refractivity contribution is 0.0692. The molecule has 0 radical (unpaired) electrons. The first kappa shape index (κ1) is 14.7. The highest BCUT2D eigenvalue weighted by molar-refractivity contribution is 6.36. The number of hydrogen-bond acceptors (Lipinski definition) is 2. The number of carboxylic acid groups (broad SMARTS) is 1. The van der Waals surface area contributed by atoms with E-state index in [1.54, 1.807) is 43.3 Å². The number of rotatable bonds is 4. The molecule has 0 aliphatic heterocycles. The summed E-state index contributed by atoms with van der Waals surface area (Å²) < 4.78 is 5.30. The van der Waals surface area contributed by atoms with Gasteiger partial charge in [-0.05, 0) is 36.8 Å². The Morgan fingerprint density at radius 1 is 1.20 bits per heavy atom. The normalized spacial score (nSPS) is 10.3. The standard InChI is InChI=1S/C15H12Cl2O3/c1-2-20-14-6-3-9(7-12(14)15(18)19)11-5-4-10(16)8-13(11)17/h3-8H,2H2,1H3,(H,18,19). The van der Waals surface area contributed by atoms with E-state index in [4.69, 9.17) is 27.9 Å². The fourth-order valence-corrected chi connectivity index (χ4v) is 2.39. The van der Waals surface area contributed by atoms with E-state index in [1.807, 2.05) is 0 Å². The molecule has 0 aromatic heterocycles. The first-order valence-electron chi connectivity index (χ1n) is 5.98. The zero-order valence-electron chi connectivity index (χ0n) is 10.7. The third-order valence-corrected chi connectivity index (χ3v) is 3.30. The summed E-state index contributed by atoms with van der Waals surface area (Å²) in [6, 6.07) is 10.0. The molecule has 0 fully saturated rings. The molecule has 0 bridgehead atoms. The number of benzene rings is 2. The zero-order valence-corrected chi connectivity index (χ0v) is 12.2. The molecule has 0 atom stereocenters. The molecular formula is C15H12Cl2O3. The highest BCUT2D eigenvalue weighted by Gasteiger charge is 2.14. The number of ether oxygens (including phenoxy) is 1. The summed E-state index contributed by atoms with van der Waals surface area (Å²) in [5.41, 5.74) is 1.53. The fourth-order valence-electron chi connectivity index (χ4n) is 1.87. The maximum absolute atomic E-state index is 11.3. The molecule has 0 aliphatic carbocycles. The summed E-state index contributed by atoms with van der Waals surface area (Å²) >= 11 is 12.0. The van der Waals surface area contributed by atoms with Gasteiger partial charge in [0, 0.05) is 15.6 Å². The molecule has 5 heteroatoms. The molecule has 2 rings (SSSR count). The van der Waals surface area contributed by atoms with Gasteiger partial charge < -0.3 is 9.84 Å². The third kappa shape index (κ3) is 3.06. The van der Waals surface area contributed by atoms with E-state index in [0.29, 0.717) is 28.0 Å². The van der Waals surface area contributed by atoms with Crippen LogP contribution in [0.5, 0.6) is 5.75 Å². The van der Waals surface area contributed by atoms with Crippen molar-refractivity contribution in [3.05, 3.63) is 52.0 Å². The largest absolute Gasteiger partial charge is 0.493 e. The van der Waals surface area contributed by atoms with Gasteiger partial charge in [0.15, 0.2) is 0 Å². The number of aromatic carboxylic acids is 1. The minimum Gasteiger partial charge on any atom is -0.493 e. The van der Waals surface area contributed by atoms with Crippen LogP contribution >= 0.6 is 23.2 Å². The highest BCUT2D eigenvalue weighted by atomic mass is 35.5. The van der Waals surface area contributed by atoms with Crippen molar-refractivity contribution in [1.82, 2.24) is 0 Å². The van der Waals surface area contributed by atoms with E-state index in [9.17, 15) is 9.90 Å². The van der Waals surface area contributed by atoms with Gasteiger partial charge in [-0.2, -0.15) is 0 Å². The summed E-state index contributed by atoms with van der Waals surface area (Å²) in [6.45, 7) is 2.21. The minimum atomic E-state index is -1.04. The summed E-state index contributed by atoms with van der Waals surface area (Å²) in [4.78, 5) is 11.3. The third-order valence-electron chi connectivity index (χ3n) is 2.75. The quantitative estimate of drug-likeness (QED) is 0.885. The van der Waals surface area contributed by atoms with Crippen molar-refractivity contribution in [1.29, 1.82) is 0 Å². The first-order chi connectivity index (χ1) is 9.52. The van der Waals surface area contributed by atoms with Crippen molar-refractivity contribution in [3.63, 3.8) is 0 Å². The van der Waals surface area contributed by atoms with E-state index >= 15 is 0 Å². The average molecular weight is 311 g/mol. The highest BCUT2D eigenvalue weighted by Crippen LogP contribution is 2.33. The van der Waals surface area contributed by atoms with Gasteiger partial charge in [-0.3, -0.25) is 0 Å². The van der Waals surface area contributed by atoms with Crippen molar-refractivity contribution in [2.24, 2.45) is 0 Å². The Bertz CT molecular complexity index is 654. The second kappa shape index (κ2) is 6.16. The van der Waals surface area contributed by atoms with Crippen molar-refractivity contribution in [2.45, 2.75) is 6.92 Å². The van der Waals surface area contributed by atoms with Crippen LogP contribution in [-0.2, 0) is 0 Å². The van der Waals surface area contributed by atoms with Crippen LogP contribution in [0.25, 0.3) is 11.1 Å². The molecule has 2 aromatic rings. The Kier molecular flexibility index (Phi) is 4.53. The van der Waals surface area contributed by atoms with Gasteiger partial charge in [0.2, 0.25) is 0 Å². The van der Waals surface area contributed by atoms with Crippen molar-refractivity contribution >= 4 is 29.2 Å². The van der Waals surface area contributed by atoms with Crippen LogP contribution in [0, 0.1) is 0 Å². The second-order valence-electron chi connectivity index (χ2n) is 4.07. The van der Waals surface area contributed by atoms with Crippen molar-refractivity contribution < 1.29 is 14.6 Å². The van der Waals surface area contributed by atoms with E-state index in [-0.39, 0.29) is 5.56 Å². The van der Waals surface area contributed by atoms with E-state index in [1.165, 1.54) is 0 Å². The van der Waals surface area contributed by atoms with E-state index < -0.39 is 5.97 Å². The lowest BCUT2D eigenvalue weighted by atomic mass is 10.0. The summed E-state index contributed by atoms with van der Waals surface area (Å²) in [5, 5.41) is 10.2. The second-order valence-corrected chi connectivity index (χ2v) is 4.92. The average Bonchev–Trinajstić information content (AvgIpc) is 2.39. The number of hydrogen-bond donors (Lipinski definition) is 1. The summed E-state index contributed by atoms with van der Waals surface area (Å²) in [5.74, 6) is -0.700. The Balaban J connectivity index is 2.53. The predicted octanol–water partition coefficient (Wildman–Crippen LogP) is 4.76. The molecule has 0 heterocycles. The molecule has 0 spiro atoms. The first-order valence-corrected chi connectivity index (χ1v) is 6.74. The van der Waals surface area contributed by atoms with Crippen LogP contribution in [0.2, 0.25) is 10.0 Å². The molecule has 3 nitrogen and oxygen atoms in total. The molecular weight excluding hydrogens is 299 g/mol. The molecule has 0 aliphatic rings. The maximum Gasteiger partial charge on any atom is 0.339 e. The van der Waals surface area contributed by atoms with Crippen molar-refractivity contribution in [3.8, 4) is 16.9 Å². The van der Waals surface area contributed by atoms with Crippen molar-refractivity contribution in [2.75, 3.05) is 6.61 Å². The zero-order chi connectivity index (χ0) is 14.7. The van der Waals surface area contributed by atoms with E-state index in [2.05, 4.69) is 0 Å². The molecule has 0 saturated carbocycles. The molecule has 0 unspecified atom stereocenters. The maximum atomic E-state index is 11.3. The Hall–Kier alpha value is -1.71. The van der Waals surface area contributed by atoms with Gasteiger partial charge in [0.05, 0.1) is 6.61 Å². The topological polar surface area (TPSA) is 46.5 Å². The minimum absolute atomic E-state index is 0.107. The monoisotopic (exact) mass is 310 g/mol. The Labute approximate surface area is 126 Å². The summed E-state index contributed by atoms with van der Waals surface area (Å²) in [6.07, 6.45) is 0. The van der Waals surface area contributed by atoms with Crippen LogP contribution in [0.3, 0.4) is 0 Å². The molecule has 1 N–H and O–H groups in total. The number of carbonyl (C=O) groups is 1. The van der Waals surface area contributed by atoms with Gasteiger partial charge in [0.1, 0.15) is 11.3 Å². The number of halogens is 2. The molecule has 0 amide bonds. The number of carboxylic acids is 1. The van der Waals surface area contributed by atoms with Crippen LogP contribution in [0.4, 0.5) is 0 Å². The lowest BCUT2D eigenvalue weighted by Crippen LogP contribution is -2.03. The van der Waals surface area contributed by atoms with Gasteiger partial charge in [-0.25, -0.2) is 4.79 Å². The van der Waals surface area contributed by atoms with Crippen LogP contribution in [0.15, 0.2) is 36.4 Å². The van der Waals surface area contributed by atoms with Gasteiger partial charge in [0.25, 0.3) is 0 Å². The van der Waals surface area contributed by atoms with Crippen LogP contribution < -0.4 is 4.74 Å². The van der Waals surface area contributed by atoms with Crippen LogP contribution in [-0.4, -0.2) is 17.7 Å². The predicted molar refractivity (Wildman–Crippen MR) is 80.0 cm³/mol. The molecule has 20 heavy (non-hydrogen) atoms. The smallest absolute Gasteiger partial charge is 0.339 e. The van der Waals surface area contributed by atoms with Gasteiger partial charge >= 0.3 is 5.97 Å². The van der Waals surface area contributed by atoms with E-state index in [0.717, 1.165) is 5.56 Å². The molecule has 104 valence electrons.